The number of sulfonamides is 1. The van der Waals surface area contributed by atoms with Crippen LogP contribution in [0.1, 0.15) is 63.6 Å². The molecular formula is C24H35N5O4S. The van der Waals surface area contributed by atoms with E-state index >= 15 is 0 Å². The topological polar surface area (TPSA) is 106 Å². The normalized spacial score (nSPS) is 21.2. The Morgan fingerprint density at radius 2 is 2.06 bits per heavy atom. The van der Waals surface area contributed by atoms with Crippen molar-refractivity contribution in [2.24, 2.45) is 7.05 Å². The van der Waals surface area contributed by atoms with Gasteiger partial charge in [-0.2, -0.15) is 4.31 Å². The first-order chi connectivity index (χ1) is 16.0. The quantitative estimate of drug-likeness (QED) is 0.619. The van der Waals surface area contributed by atoms with Gasteiger partial charge in [-0.3, -0.25) is 4.79 Å². The minimum Gasteiger partial charge on any atom is -0.493 e. The van der Waals surface area contributed by atoms with Crippen LogP contribution < -0.4 is 15.4 Å². The predicted octanol–water partition coefficient (Wildman–Crippen LogP) is 2.49. The number of aryl methyl sites for hydroxylation is 1. The highest BCUT2D eigenvalue weighted by Crippen LogP contribution is 2.33. The minimum atomic E-state index is -3.72. The van der Waals surface area contributed by atoms with Crippen LogP contribution in [0.2, 0.25) is 0 Å². The number of imidazole rings is 1. The zero-order chi connectivity index (χ0) is 24.5. The molecule has 34 heavy (non-hydrogen) atoms. The van der Waals surface area contributed by atoms with Gasteiger partial charge in [-0.15, -0.1) is 0 Å². The molecule has 2 aliphatic heterocycles. The molecule has 0 saturated carbocycles. The van der Waals surface area contributed by atoms with Crippen LogP contribution in [0.3, 0.4) is 0 Å². The number of aromatic nitrogens is 2. The van der Waals surface area contributed by atoms with Gasteiger partial charge in [0.2, 0.25) is 5.91 Å². The van der Waals surface area contributed by atoms with E-state index in [1.54, 1.807) is 11.6 Å². The number of rotatable bonds is 7. The molecule has 2 aromatic rings. The molecule has 4 rings (SSSR count). The first-order valence-corrected chi connectivity index (χ1v) is 13.3. The molecule has 1 saturated heterocycles. The Hall–Kier alpha value is -2.43. The Kier molecular flexibility index (Phi) is 7.02. The summed E-state index contributed by atoms with van der Waals surface area (Å²) in [5.74, 6) is 0.648. The number of hydrogen-bond acceptors (Lipinski definition) is 6. The Bertz CT molecular complexity index is 1140. The summed E-state index contributed by atoms with van der Waals surface area (Å²) in [6.07, 6.45) is 5.17. The molecule has 1 amide bonds. The maximum atomic E-state index is 13.0. The van der Waals surface area contributed by atoms with E-state index in [4.69, 9.17) is 4.74 Å². The summed E-state index contributed by atoms with van der Waals surface area (Å²) in [5, 5.41) is 6.62. The summed E-state index contributed by atoms with van der Waals surface area (Å²) in [7, 11) is -1.99. The first-order valence-electron chi connectivity index (χ1n) is 11.8. The fourth-order valence-corrected chi connectivity index (χ4v) is 6.16. The van der Waals surface area contributed by atoms with Crippen molar-refractivity contribution in [3.8, 4) is 5.75 Å². The summed E-state index contributed by atoms with van der Waals surface area (Å²) in [6, 6.07) is 5.60. The highest BCUT2D eigenvalue weighted by Gasteiger charge is 2.38. The van der Waals surface area contributed by atoms with E-state index in [0.717, 1.165) is 29.8 Å². The van der Waals surface area contributed by atoms with E-state index in [1.165, 1.54) is 16.8 Å². The molecule has 10 heteroatoms. The smallest absolute Gasteiger partial charge is 0.262 e. The van der Waals surface area contributed by atoms with Gasteiger partial charge in [0.15, 0.2) is 5.03 Å². The molecule has 2 N–H and O–H groups in total. The van der Waals surface area contributed by atoms with Gasteiger partial charge in [-0.1, -0.05) is 12.1 Å². The largest absolute Gasteiger partial charge is 0.493 e. The third-order valence-electron chi connectivity index (χ3n) is 6.27. The molecule has 3 heterocycles. The van der Waals surface area contributed by atoms with Crippen molar-refractivity contribution in [3.63, 3.8) is 0 Å². The summed E-state index contributed by atoms with van der Waals surface area (Å²) in [5.41, 5.74) is 2.11. The molecule has 1 fully saturated rings. The van der Waals surface area contributed by atoms with E-state index in [2.05, 4.69) is 42.5 Å². The number of nitrogens with one attached hydrogen (secondary N) is 2. The molecule has 1 aromatic carbocycles. The van der Waals surface area contributed by atoms with Crippen molar-refractivity contribution in [2.45, 2.75) is 75.6 Å². The highest BCUT2D eigenvalue weighted by atomic mass is 32.2. The standard InChI is InChI=1S/C24H35N5O4S/c1-24(2,3)26-14-17-7-8-19-20(9-11-33-21(19)12-17)27-22(30)13-18-6-5-10-29(18)34(31,32)23-15-28(4)16-25-23/h7-8,12,15-16,18,20,26H,5-6,9-11,13-14H2,1-4H3,(H,27,30)/t18-,20+/m0/s1. The number of fused-ring (bicyclic) bond motifs is 1. The number of carbonyl (C=O) groups is 1. The third kappa shape index (κ3) is 5.61. The molecule has 9 nitrogen and oxygen atoms in total. The first kappa shape index (κ1) is 24.7. The molecule has 0 spiro atoms. The van der Waals surface area contributed by atoms with Crippen LogP contribution in [0.4, 0.5) is 0 Å². The number of carbonyl (C=O) groups excluding carboxylic acids is 1. The average molecular weight is 490 g/mol. The highest BCUT2D eigenvalue weighted by molar-refractivity contribution is 7.89. The number of benzene rings is 1. The van der Waals surface area contributed by atoms with Gasteiger partial charge in [0.1, 0.15) is 5.75 Å². The van der Waals surface area contributed by atoms with Gasteiger partial charge in [0, 0.05) is 56.3 Å². The van der Waals surface area contributed by atoms with Gasteiger partial charge in [0.05, 0.1) is 19.0 Å². The van der Waals surface area contributed by atoms with E-state index < -0.39 is 10.0 Å². The number of ether oxygens (including phenoxy) is 1. The summed E-state index contributed by atoms with van der Waals surface area (Å²) < 4.78 is 35.0. The number of amides is 1. The van der Waals surface area contributed by atoms with E-state index in [0.29, 0.717) is 26.0 Å². The number of hydrogen-bond donors (Lipinski definition) is 2. The predicted molar refractivity (Wildman–Crippen MR) is 129 cm³/mol. The lowest BCUT2D eigenvalue weighted by Gasteiger charge is -2.29. The van der Waals surface area contributed by atoms with Crippen LogP contribution in [0.5, 0.6) is 5.75 Å². The Labute approximate surface area is 201 Å². The van der Waals surface area contributed by atoms with Crippen molar-refractivity contribution in [2.75, 3.05) is 13.2 Å². The minimum absolute atomic E-state index is 0.0193. The van der Waals surface area contributed by atoms with Crippen LogP contribution in [0.25, 0.3) is 0 Å². The third-order valence-corrected chi connectivity index (χ3v) is 8.11. The molecule has 186 valence electrons. The molecular weight excluding hydrogens is 454 g/mol. The lowest BCUT2D eigenvalue weighted by molar-refractivity contribution is -0.122. The van der Waals surface area contributed by atoms with E-state index in [9.17, 15) is 13.2 Å². The van der Waals surface area contributed by atoms with E-state index in [-0.39, 0.29) is 35.0 Å². The molecule has 2 atom stereocenters. The number of nitrogens with zero attached hydrogens (tertiary/aromatic N) is 3. The SMILES string of the molecule is Cn1cnc(S(=O)(=O)N2CCC[C@H]2CC(=O)N[C@@H]2CCOc3cc(CNC(C)(C)C)ccc32)c1. The summed E-state index contributed by atoms with van der Waals surface area (Å²) >= 11 is 0. The van der Waals surface area contributed by atoms with Crippen molar-refractivity contribution in [1.82, 2.24) is 24.5 Å². The molecule has 1 aromatic heterocycles. The molecule has 0 radical (unpaired) electrons. The lowest BCUT2D eigenvalue weighted by Crippen LogP contribution is -2.40. The van der Waals surface area contributed by atoms with Crippen LogP contribution in [0, 0.1) is 0 Å². The van der Waals surface area contributed by atoms with Gasteiger partial charge < -0.3 is 19.9 Å². The summed E-state index contributed by atoms with van der Waals surface area (Å²) in [4.78, 5) is 17.0. The van der Waals surface area contributed by atoms with Crippen molar-refractivity contribution in [1.29, 1.82) is 0 Å². The fraction of sp³-hybridized carbons (Fsp3) is 0.583. The van der Waals surface area contributed by atoms with Crippen LogP contribution in [0.15, 0.2) is 35.7 Å². The average Bonchev–Trinajstić information content (AvgIpc) is 3.41. The van der Waals surface area contributed by atoms with Gasteiger partial charge in [-0.25, -0.2) is 13.4 Å². The zero-order valence-electron chi connectivity index (χ0n) is 20.4. The summed E-state index contributed by atoms with van der Waals surface area (Å²) in [6.45, 7) is 8.04. The molecule has 0 bridgehead atoms. The zero-order valence-corrected chi connectivity index (χ0v) is 21.2. The Morgan fingerprint density at radius 1 is 1.26 bits per heavy atom. The van der Waals surface area contributed by atoms with Crippen molar-refractivity contribution < 1.29 is 17.9 Å². The maximum absolute atomic E-state index is 13.0. The second kappa shape index (κ2) is 9.67. The van der Waals surface area contributed by atoms with Gasteiger partial charge in [0.25, 0.3) is 10.0 Å². The molecule has 0 unspecified atom stereocenters. The Balaban J connectivity index is 1.41. The van der Waals surface area contributed by atoms with Gasteiger partial charge in [-0.05, 0) is 45.2 Å². The van der Waals surface area contributed by atoms with Crippen LogP contribution in [-0.2, 0) is 28.4 Å². The van der Waals surface area contributed by atoms with Crippen molar-refractivity contribution >= 4 is 15.9 Å². The monoisotopic (exact) mass is 489 g/mol. The molecule has 2 aliphatic rings. The lowest BCUT2D eigenvalue weighted by atomic mass is 9.98. The van der Waals surface area contributed by atoms with Crippen LogP contribution >= 0.6 is 0 Å². The van der Waals surface area contributed by atoms with Gasteiger partial charge >= 0.3 is 0 Å². The maximum Gasteiger partial charge on any atom is 0.262 e. The second-order valence-electron chi connectivity index (χ2n) is 10.2. The van der Waals surface area contributed by atoms with Crippen molar-refractivity contribution in [3.05, 3.63) is 41.9 Å². The molecule has 0 aliphatic carbocycles. The Morgan fingerprint density at radius 3 is 2.76 bits per heavy atom. The van der Waals surface area contributed by atoms with Crippen LogP contribution in [-0.4, -0.2) is 52.9 Å². The fourth-order valence-electron chi connectivity index (χ4n) is 4.50. The van der Waals surface area contributed by atoms with E-state index in [1.807, 2.05) is 12.1 Å². The second-order valence-corrected chi connectivity index (χ2v) is 12.1.